The number of carboxylic acids is 1. The van der Waals surface area contributed by atoms with E-state index in [1.807, 2.05) is 0 Å². The molecule has 0 amide bonds. The van der Waals surface area contributed by atoms with Crippen molar-refractivity contribution in [2.75, 3.05) is 12.4 Å². The van der Waals surface area contributed by atoms with Crippen LogP contribution < -0.4 is 5.32 Å². The van der Waals surface area contributed by atoms with Crippen molar-refractivity contribution in [2.24, 2.45) is 0 Å². The maximum absolute atomic E-state index is 13.1. The molecule has 0 saturated heterocycles. The highest BCUT2D eigenvalue weighted by molar-refractivity contribution is 9.10. The van der Waals surface area contributed by atoms with Crippen molar-refractivity contribution in [3.05, 3.63) is 52.3 Å². The van der Waals surface area contributed by atoms with E-state index in [9.17, 15) is 14.3 Å². The summed E-state index contributed by atoms with van der Waals surface area (Å²) in [7, 11) is 1.76. The van der Waals surface area contributed by atoms with Gasteiger partial charge in [-0.3, -0.25) is 0 Å². The smallest absolute Gasteiger partial charge is 0.340 e. The Balaban J connectivity index is 2.32. The van der Waals surface area contributed by atoms with Crippen molar-refractivity contribution in [3.8, 4) is 11.3 Å². The first-order chi connectivity index (χ1) is 10.5. The number of benzene rings is 2. The number of nitrogens with one attached hydrogen (secondary N) is 1. The second kappa shape index (κ2) is 5.46. The summed E-state index contributed by atoms with van der Waals surface area (Å²) >= 11 is 3.39. The zero-order chi connectivity index (χ0) is 15.9. The van der Waals surface area contributed by atoms with Gasteiger partial charge in [-0.1, -0.05) is 0 Å². The van der Waals surface area contributed by atoms with E-state index in [0.29, 0.717) is 16.5 Å². The Bertz CT molecular complexity index is 871. The van der Waals surface area contributed by atoms with Crippen LogP contribution in [0.4, 0.5) is 10.1 Å². The number of halogens is 2. The molecule has 6 heteroatoms. The fraction of sp³-hybridized carbons (Fsp3) is 0.0625. The van der Waals surface area contributed by atoms with Crippen molar-refractivity contribution in [1.29, 1.82) is 0 Å². The average molecular weight is 364 g/mol. The molecule has 2 N–H and O–H groups in total. The molecule has 0 aliphatic rings. The first-order valence-electron chi connectivity index (χ1n) is 6.44. The Morgan fingerprint density at radius 1 is 1.27 bits per heavy atom. The molecule has 0 aliphatic carbocycles. The molecule has 0 spiro atoms. The van der Waals surface area contributed by atoms with Gasteiger partial charge in [-0.25, -0.2) is 9.18 Å². The predicted octanol–water partition coefficient (Wildman–Crippen LogP) is 4.74. The number of carbonyl (C=O) groups is 1. The number of anilines is 1. The van der Waals surface area contributed by atoms with Gasteiger partial charge in [-0.05, 0) is 46.3 Å². The standard InChI is InChI=1S/C16H11BrFNO3/c1-19-12-7-13-10(6-11(12)17)14(16(20)21)15(22-13)8-2-4-9(18)5-3-8/h2-7,19H,1H3,(H,20,21). The minimum atomic E-state index is -1.10. The Morgan fingerprint density at radius 2 is 1.95 bits per heavy atom. The summed E-state index contributed by atoms with van der Waals surface area (Å²) in [6, 6.07) is 8.94. The fourth-order valence-corrected chi connectivity index (χ4v) is 2.87. The van der Waals surface area contributed by atoms with Gasteiger partial charge < -0.3 is 14.8 Å². The van der Waals surface area contributed by atoms with E-state index in [0.717, 1.165) is 10.2 Å². The van der Waals surface area contributed by atoms with Crippen molar-refractivity contribution >= 4 is 38.6 Å². The second-order valence-electron chi connectivity index (χ2n) is 4.70. The van der Waals surface area contributed by atoms with E-state index in [1.165, 1.54) is 24.3 Å². The predicted molar refractivity (Wildman–Crippen MR) is 85.8 cm³/mol. The Kier molecular flexibility index (Phi) is 3.62. The molecule has 1 aromatic heterocycles. The van der Waals surface area contributed by atoms with E-state index >= 15 is 0 Å². The number of fused-ring (bicyclic) bond motifs is 1. The summed E-state index contributed by atoms with van der Waals surface area (Å²) in [6.45, 7) is 0. The van der Waals surface area contributed by atoms with Gasteiger partial charge in [0.2, 0.25) is 0 Å². The Hall–Kier alpha value is -2.34. The molecule has 0 fully saturated rings. The minimum absolute atomic E-state index is 0.0601. The highest BCUT2D eigenvalue weighted by atomic mass is 79.9. The van der Waals surface area contributed by atoms with Crippen molar-refractivity contribution in [1.82, 2.24) is 0 Å². The minimum Gasteiger partial charge on any atom is -0.478 e. The third kappa shape index (κ3) is 2.35. The average Bonchev–Trinajstić information content (AvgIpc) is 2.85. The number of hydrogen-bond acceptors (Lipinski definition) is 3. The third-order valence-corrected chi connectivity index (χ3v) is 4.02. The van der Waals surface area contributed by atoms with E-state index in [4.69, 9.17) is 4.42 Å². The van der Waals surface area contributed by atoms with E-state index < -0.39 is 11.8 Å². The van der Waals surface area contributed by atoms with Crippen molar-refractivity contribution in [2.45, 2.75) is 0 Å². The number of aromatic carboxylic acids is 1. The third-order valence-electron chi connectivity index (χ3n) is 3.37. The van der Waals surface area contributed by atoms with Gasteiger partial charge in [0.15, 0.2) is 0 Å². The van der Waals surface area contributed by atoms with Gasteiger partial charge in [0.25, 0.3) is 0 Å². The number of hydrogen-bond donors (Lipinski definition) is 2. The Morgan fingerprint density at radius 3 is 2.55 bits per heavy atom. The topological polar surface area (TPSA) is 62.5 Å². The molecule has 4 nitrogen and oxygen atoms in total. The lowest BCUT2D eigenvalue weighted by atomic mass is 10.1. The highest BCUT2D eigenvalue weighted by Gasteiger charge is 2.22. The van der Waals surface area contributed by atoms with Gasteiger partial charge in [0.1, 0.15) is 22.7 Å². The van der Waals surface area contributed by atoms with E-state index in [2.05, 4.69) is 21.2 Å². The van der Waals surface area contributed by atoms with Gasteiger partial charge in [0, 0.05) is 28.5 Å². The van der Waals surface area contributed by atoms with Gasteiger partial charge in [0.05, 0.1) is 5.69 Å². The number of carboxylic acid groups (broad SMARTS) is 1. The van der Waals surface area contributed by atoms with Crippen molar-refractivity contribution < 1.29 is 18.7 Å². The maximum atomic E-state index is 13.1. The van der Waals surface area contributed by atoms with Crippen LogP contribution in [0, 0.1) is 5.82 Å². The zero-order valence-electron chi connectivity index (χ0n) is 11.5. The number of furan rings is 1. The molecule has 2 aromatic carbocycles. The number of rotatable bonds is 3. The molecule has 112 valence electrons. The molecule has 0 saturated carbocycles. The highest BCUT2D eigenvalue weighted by Crippen LogP contribution is 2.37. The van der Waals surface area contributed by atoms with Gasteiger partial charge in [-0.15, -0.1) is 0 Å². The SMILES string of the molecule is CNc1cc2oc(-c3ccc(F)cc3)c(C(=O)O)c2cc1Br. The van der Waals surface area contributed by atoms with Crippen LogP contribution in [0.3, 0.4) is 0 Å². The molecular formula is C16H11BrFNO3. The lowest BCUT2D eigenvalue weighted by Crippen LogP contribution is -1.97. The van der Waals surface area contributed by atoms with Crippen LogP contribution in [0.2, 0.25) is 0 Å². The zero-order valence-corrected chi connectivity index (χ0v) is 13.1. The molecule has 22 heavy (non-hydrogen) atoms. The van der Waals surface area contributed by atoms with Crippen LogP contribution in [0.5, 0.6) is 0 Å². The summed E-state index contributed by atoms with van der Waals surface area (Å²) in [5.41, 5.74) is 1.80. The van der Waals surface area contributed by atoms with Crippen LogP contribution in [0.25, 0.3) is 22.3 Å². The summed E-state index contributed by atoms with van der Waals surface area (Å²) in [6.07, 6.45) is 0. The fourth-order valence-electron chi connectivity index (χ4n) is 2.32. The van der Waals surface area contributed by atoms with Crippen molar-refractivity contribution in [3.63, 3.8) is 0 Å². The molecule has 0 atom stereocenters. The summed E-state index contributed by atoms with van der Waals surface area (Å²) in [4.78, 5) is 11.6. The van der Waals surface area contributed by atoms with Crippen LogP contribution in [0.1, 0.15) is 10.4 Å². The summed E-state index contributed by atoms with van der Waals surface area (Å²) < 4.78 is 19.5. The summed E-state index contributed by atoms with van der Waals surface area (Å²) in [5.74, 6) is -1.28. The lowest BCUT2D eigenvalue weighted by molar-refractivity contribution is 0.0699. The van der Waals surface area contributed by atoms with Gasteiger partial charge >= 0.3 is 5.97 Å². The molecule has 3 rings (SSSR count). The molecule has 1 heterocycles. The Labute approximate surface area is 133 Å². The van der Waals surface area contributed by atoms with E-state index in [1.54, 1.807) is 19.2 Å². The quantitative estimate of drug-likeness (QED) is 0.705. The summed E-state index contributed by atoms with van der Waals surface area (Å²) in [5, 5.41) is 13.0. The monoisotopic (exact) mass is 363 g/mol. The lowest BCUT2D eigenvalue weighted by Gasteiger charge is -2.02. The first kappa shape index (κ1) is 14.6. The molecule has 0 bridgehead atoms. The normalized spacial score (nSPS) is 10.9. The first-order valence-corrected chi connectivity index (χ1v) is 7.23. The van der Waals surface area contributed by atoms with Crippen LogP contribution in [-0.2, 0) is 0 Å². The van der Waals surface area contributed by atoms with E-state index in [-0.39, 0.29) is 11.3 Å². The molecule has 0 unspecified atom stereocenters. The maximum Gasteiger partial charge on any atom is 0.340 e. The molecular weight excluding hydrogens is 353 g/mol. The van der Waals surface area contributed by atoms with Crippen LogP contribution >= 0.6 is 15.9 Å². The second-order valence-corrected chi connectivity index (χ2v) is 5.55. The molecule has 0 radical (unpaired) electrons. The molecule has 3 aromatic rings. The van der Waals surface area contributed by atoms with Crippen LogP contribution in [-0.4, -0.2) is 18.1 Å². The largest absolute Gasteiger partial charge is 0.478 e. The van der Waals surface area contributed by atoms with Gasteiger partial charge in [-0.2, -0.15) is 0 Å². The molecule has 0 aliphatic heterocycles. The van der Waals surface area contributed by atoms with Crippen LogP contribution in [0.15, 0.2) is 45.3 Å².